The molecule has 8 atom stereocenters. The lowest BCUT2D eigenvalue weighted by Gasteiger charge is -2.69. The van der Waals surface area contributed by atoms with Crippen LogP contribution >= 0.6 is 11.6 Å². The number of ether oxygens (including phenoxy) is 1. The van der Waals surface area contributed by atoms with Crippen LogP contribution in [0.3, 0.4) is 0 Å². The lowest BCUT2D eigenvalue weighted by atomic mass is 9.36. The minimum Gasteiger partial charge on any atom is -0.481 e. The topological polar surface area (TPSA) is 130 Å². The van der Waals surface area contributed by atoms with Crippen molar-refractivity contribution in [3.05, 3.63) is 52.2 Å². The minimum absolute atomic E-state index is 0.0435. The van der Waals surface area contributed by atoms with E-state index in [2.05, 4.69) is 51.6 Å². The number of carboxylic acids is 1. The molecular formula is C46H66ClN3O6. The molecule has 4 fully saturated rings. The van der Waals surface area contributed by atoms with Crippen LogP contribution in [0, 0.1) is 56.7 Å². The fraction of sp³-hybridized carbons (Fsp3) is 0.696. The molecule has 5 aliphatic rings. The second-order valence-electron chi connectivity index (χ2n) is 20.0. The Bertz CT molecular complexity index is 1780. The molecule has 0 aromatic heterocycles. The average molecular weight is 793 g/mol. The van der Waals surface area contributed by atoms with Gasteiger partial charge in [-0.1, -0.05) is 53.1 Å². The van der Waals surface area contributed by atoms with Crippen LogP contribution in [-0.4, -0.2) is 60.4 Å². The fourth-order valence-electron chi connectivity index (χ4n) is 13.3. The van der Waals surface area contributed by atoms with Gasteiger partial charge in [0.15, 0.2) is 5.78 Å². The molecular weight excluding hydrogens is 726 g/mol. The Morgan fingerprint density at radius 2 is 1.66 bits per heavy atom. The number of halogens is 1. The van der Waals surface area contributed by atoms with Gasteiger partial charge in [0.2, 0.25) is 0 Å². The van der Waals surface area contributed by atoms with Crippen molar-refractivity contribution >= 4 is 41.3 Å². The average Bonchev–Trinajstić information content (AvgIpc) is 3.43. The Hall–Kier alpha value is -3.17. The number of carbonyl (C=O) groups is 4. The zero-order chi connectivity index (χ0) is 41.2. The molecule has 1 aromatic carbocycles. The normalized spacial score (nSPS) is 33.9. The third-order valence-electron chi connectivity index (χ3n) is 15.9. The van der Waals surface area contributed by atoms with Crippen LogP contribution < -0.4 is 10.7 Å². The number of esters is 1. The van der Waals surface area contributed by atoms with Gasteiger partial charge in [-0.3, -0.25) is 29.2 Å². The summed E-state index contributed by atoms with van der Waals surface area (Å²) in [5, 5.41) is 14.5. The van der Waals surface area contributed by atoms with E-state index in [1.807, 2.05) is 31.3 Å². The van der Waals surface area contributed by atoms with Gasteiger partial charge in [0, 0.05) is 41.6 Å². The van der Waals surface area contributed by atoms with Gasteiger partial charge in [0.05, 0.1) is 24.1 Å². The van der Waals surface area contributed by atoms with Crippen molar-refractivity contribution in [2.75, 3.05) is 25.1 Å². The highest BCUT2D eigenvalue weighted by atomic mass is 35.5. The molecule has 0 saturated heterocycles. The number of Topliss-reactive ketones (excluding diaryl/α,β-unsaturated/α-hetero) is 1. The predicted octanol–water partition coefficient (Wildman–Crippen LogP) is 9.04. The summed E-state index contributed by atoms with van der Waals surface area (Å²) in [5.74, 6) is 0.281. The van der Waals surface area contributed by atoms with Crippen LogP contribution in [0.5, 0.6) is 0 Å². The standard InChI is InChI=1S/C46H66ClN3O6/c1-28(2)39-33(52)26-46(36(19-25-51)50(24-23-48)49(9)30-12-10-29(47)11-13-30)22-16-32-31(40(39)46)14-15-35-44(32,7)20-17-34-43(5,6)37(18-21-45(34,35)8)56-38(53)27-42(3,4)41(54)55/h10-13,19,25,28,31-32,34-35,37H,14-18,20-24,26-27,48H2,1-9H3,(H,54,55)/b36-19-. The smallest absolute Gasteiger partial charge is 0.309 e. The number of anilines is 1. The highest BCUT2D eigenvalue weighted by molar-refractivity contribution is 6.30. The van der Waals surface area contributed by atoms with E-state index in [1.54, 1.807) is 19.9 Å². The number of nitrogens with two attached hydrogens (primary N) is 1. The predicted molar refractivity (Wildman–Crippen MR) is 220 cm³/mol. The fourth-order valence-corrected chi connectivity index (χ4v) is 13.5. The molecule has 0 aliphatic heterocycles. The van der Waals surface area contributed by atoms with Gasteiger partial charge in [0.1, 0.15) is 12.4 Å². The molecule has 9 nitrogen and oxygen atoms in total. The van der Waals surface area contributed by atoms with Gasteiger partial charge >= 0.3 is 11.9 Å². The quantitative estimate of drug-likeness (QED) is 0.0922. The van der Waals surface area contributed by atoms with E-state index in [9.17, 15) is 24.3 Å². The Kier molecular flexibility index (Phi) is 11.5. The van der Waals surface area contributed by atoms with Crippen molar-refractivity contribution in [1.29, 1.82) is 0 Å². The molecule has 4 saturated carbocycles. The molecule has 56 heavy (non-hydrogen) atoms. The van der Waals surface area contributed by atoms with Crippen molar-refractivity contribution in [2.24, 2.45) is 62.4 Å². The van der Waals surface area contributed by atoms with Gasteiger partial charge in [-0.25, -0.2) is 0 Å². The number of allylic oxidation sites excluding steroid dienone is 3. The molecule has 5 aliphatic carbocycles. The highest BCUT2D eigenvalue weighted by Crippen LogP contribution is 2.73. The van der Waals surface area contributed by atoms with Crippen molar-refractivity contribution < 1.29 is 29.0 Å². The summed E-state index contributed by atoms with van der Waals surface area (Å²) in [5.41, 5.74) is 8.36. The first-order valence-corrected chi connectivity index (χ1v) is 21.4. The number of carboxylic acid groups (broad SMARTS) is 1. The van der Waals surface area contributed by atoms with Crippen LogP contribution in [0.2, 0.25) is 5.02 Å². The number of aldehydes is 1. The maximum atomic E-state index is 14.4. The molecule has 3 N–H and O–H groups in total. The number of hydrogen-bond acceptors (Lipinski definition) is 8. The zero-order valence-electron chi connectivity index (χ0n) is 35.3. The number of aliphatic carboxylic acids is 1. The number of fused-ring (bicyclic) bond motifs is 7. The summed E-state index contributed by atoms with van der Waals surface area (Å²) in [6.07, 6.45) is 10.2. The van der Waals surface area contributed by atoms with Crippen molar-refractivity contribution in [3.8, 4) is 0 Å². The first-order chi connectivity index (χ1) is 26.2. The van der Waals surface area contributed by atoms with Gasteiger partial charge in [-0.05, 0) is 147 Å². The highest BCUT2D eigenvalue weighted by Gasteiger charge is 2.67. The maximum Gasteiger partial charge on any atom is 0.309 e. The van der Waals surface area contributed by atoms with Crippen molar-refractivity contribution in [2.45, 2.75) is 126 Å². The number of benzene rings is 1. The summed E-state index contributed by atoms with van der Waals surface area (Å²) in [6.45, 7) is 17.9. The molecule has 1 aromatic rings. The summed E-state index contributed by atoms with van der Waals surface area (Å²) < 4.78 is 6.17. The van der Waals surface area contributed by atoms with Crippen LogP contribution in [0.15, 0.2) is 47.2 Å². The second-order valence-corrected chi connectivity index (χ2v) is 20.4. The van der Waals surface area contributed by atoms with E-state index in [-0.39, 0.29) is 46.4 Å². The third kappa shape index (κ3) is 6.84. The number of nitrogens with zero attached hydrogens (tertiary/aromatic N) is 2. The second kappa shape index (κ2) is 15.2. The van der Waals surface area contributed by atoms with Crippen LogP contribution in [0.4, 0.5) is 5.69 Å². The third-order valence-corrected chi connectivity index (χ3v) is 16.1. The Labute approximate surface area is 339 Å². The molecule has 0 heterocycles. The molecule has 0 radical (unpaired) electrons. The molecule has 0 bridgehead atoms. The largest absolute Gasteiger partial charge is 0.481 e. The van der Waals surface area contributed by atoms with E-state index in [4.69, 9.17) is 22.1 Å². The minimum atomic E-state index is -1.18. The summed E-state index contributed by atoms with van der Waals surface area (Å²) in [4.78, 5) is 52.0. The monoisotopic (exact) mass is 791 g/mol. The van der Waals surface area contributed by atoms with Crippen molar-refractivity contribution in [1.82, 2.24) is 5.01 Å². The Balaban J connectivity index is 1.34. The number of ketones is 1. The number of rotatable bonds is 12. The summed E-state index contributed by atoms with van der Waals surface area (Å²) >= 11 is 6.27. The van der Waals surface area contributed by atoms with E-state index < -0.39 is 22.8 Å². The number of hydrazine groups is 1. The van der Waals surface area contributed by atoms with Crippen LogP contribution in [0.25, 0.3) is 0 Å². The van der Waals surface area contributed by atoms with Crippen LogP contribution in [-0.2, 0) is 23.9 Å². The molecule has 6 rings (SSSR count). The van der Waals surface area contributed by atoms with Crippen molar-refractivity contribution in [3.63, 3.8) is 0 Å². The molecule has 8 unspecified atom stereocenters. The first kappa shape index (κ1) is 42.4. The SMILES string of the molecule is CC(C)C1=C2C3CCC4C(C)(CCC5C(C)(C)C(OC(=O)CC(C)(C)C(=O)O)CCC54C)C3CCC2(/C(=C/C=O)N(CCN)N(C)c2ccc(Cl)cc2)CC1=O. The van der Waals surface area contributed by atoms with Gasteiger partial charge in [0.25, 0.3) is 0 Å². The van der Waals surface area contributed by atoms with Gasteiger partial charge in [-0.2, -0.15) is 0 Å². The molecule has 10 heteroatoms. The lowest BCUT2D eigenvalue weighted by molar-refractivity contribution is -0.213. The van der Waals surface area contributed by atoms with Crippen LogP contribution in [0.1, 0.15) is 120 Å². The molecule has 0 spiro atoms. The molecule has 0 amide bonds. The zero-order valence-corrected chi connectivity index (χ0v) is 36.0. The molecule has 308 valence electrons. The lowest BCUT2D eigenvalue weighted by Crippen LogP contribution is -2.63. The first-order valence-electron chi connectivity index (χ1n) is 21.0. The van der Waals surface area contributed by atoms with E-state index >= 15 is 0 Å². The summed E-state index contributed by atoms with van der Waals surface area (Å²) in [6, 6.07) is 7.65. The number of carbonyl (C=O) groups excluding carboxylic acids is 3. The maximum absolute atomic E-state index is 14.4. The van der Waals surface area contributed by atoms with Gasteiger partial charge < -0.3 is 15.6 Å². The Morgan fingerprint density at radius 3 is 2.27 bits per heavy atom. The van der Waals surface area contributed by atoms with E-state index in [1.165, 1.54) is 5.57 Å². The van der Waals surface area contributed by atoms with Gasteiger partial charge in [-0.15, -0.1) is 0 Å². The number of hydrogen-bond donors (Lipinski definition) is 2. The van der Waals surface area contributed by atoms with E-state index in [0.29, 0.717) is 42.3 Å². The summed E-state index contributed by atoms with van der Waals surface area (Å²) in [7, 11) is 1.99. The Morgan fingerprint density at radius 1 is 1.00 bits per heavy atom. The van der Waals surface area contributed by atoms with E-state index in [0.717, 1.165) is 74.6 Å².